The number of nitrogens with one attached hydrogen (secondary N) is 2. The van der Waals surface area contributed by atoms with Crippen LogP contribution >= 0.6 is 0 Å². The first-order chi connectivity index (χ1) is 12.0. The maximum Gasteiger partial charge on any atom is 0.258 e. The van der Waals surface area contributed by atoms with Crippen LogP contribution in [-0.2, 0) is 11.3 Å². The Morgan fingerprint density at radius 1 is 0.960 bits per heavy atom. The van der Waals surface area contributed by atoms with Gasteiger partial charge in [-0.1, -0.05) is 18.2 Å². The highest BCUT2D eigenvalue weighted by molar-refractivity contribution is 5.94. The average Bonchev–Trinajstić information content (AvgIpc) is 2.61. The van der Waals surface area contributed by atoms with Crippen molar-refractivity contribution in [2.45, 2.75) is 27.3 Å². The Kier molecular flexibility index (Phi) is 6.57. The van der Waals surface area contributed by atoms with E-state index in [1.54, 1.807) is 12.1 Å². The molecule has 0 aliphatic rings. The Labute approximate surface area is 148 Å². The number of carbonyl (C=O) groups is 2. The molecule has 0 saturated heterocycles. The second kappa shape index (κ2) is 8.87. The zero-order valence-electron chi connectivity index (χ0n) is 14.9. The van der Waals surface area contributed by atoms with Gasteiger partial charge in [0.1, 0.15) is 5.75 Å². The minimum absolute atomic E-state index is 0.0283. The van der Waals surface area contributed by atoms with E-state index in [0.29, 0.717) is 24.4 Å². The van der Waals surface area contributed by atoms with Gasteiger partial charge in [-0.05, 0) is 61.7 Å². The van der Waals surface area contributed by atoms with E-state index in [0.717, 1.165) is 11.1 Å². The van der Waals surface area contributed by atoms with Crippen molar-refractivity contribution >= 4 is 11.8 Å². The highest BCUT2D eigenvalue weighted by atomic mass is 16.5. The van der Waals surface area contributed by atoms with Gasteiger partial charge in [0.05, 0.1) is 0 Å². The molecule has 0 aliphatic carbocycles. The molecular formula is C20H24N2O3. The van der Waals surface area contributed by atoms with Crippen LogP contribution in [0.4, 0.5) is 0 Å². The van der Waals surface area contributed by atoms with E-state index in [-0.39, 0.29) is 18.4 Å². The van der Waals surface area contributed by atoms with Crippen LogP contribution in [0.3, 0.4) is 0 Å². The van der Waals surface area contributed by atoms with Gasteiger partial charge < -0.3 is 15.4 Å². The van der Waals surface area contributed by atoms with Crippen LogP contribution in [-0.4, -0.2) is 25.0 Å². The number of ether oxygens (including phenoxy) is 1. The van der Waals surface area contributed by atoms with Gasteiger partial charge in [-0.25, -0.2) is 0 Å². The van der Waals surface area contributed by atoms with E-state index in [1.165, 1.54) is 5.56 Å². The normalized spacial score (nSPS) is 10.2. The van der Waals surface area contributed by atoms with Gasteiger partial charge in [0.2, 0.25) is 0 Å². The summed E-state index contributed by atoms with van der Waals surface area (Å²) in [6.07, 6.45) is 0. The third-order valence-electron chi connectivity index (χ3n) is 3.89. The third-order valence-corrected chi connectivity index (χ3v) is 3.89. The molecule has 0 fully saturated rings. The number of hydrogen-bond acceptors (Lipinski definition) is 3. The second-order valence-corrected chi connectivity index (χ2v) is 5.87. The van der Waals surface area contributed by atoms with E-state index < -0.39 is 0 Å². The van der Waals surface area contributed by atoms with Gasteiger partial charge in [0.25, 0.3) is 11.8 Å². The average molecular weight is 340 g/mol. The van der Waals surface area contributed by atoms with Crippen molar-refractivity contribution in [3.8, 4) is 5.75 Å². The molecule has 0 bridgehead atoms. The maximum atomic E-state index is 11.9. The number of rotatable bonds is 7. The zero-order chi connectivity index (χ0) is 18.2. The third kappa shape index (κ3) is 5.64. The minimum atomic E-state index is -0.189. The van der Waals surface area contributed by atoms with Crippen molar-refractivity contribution in [2.75, 3.05) is 13.2 Å². The lowest BCUT2D eigenvalue weighted by Crippen LogP contribution is -2.28. The van der Waals surface area contributed by atoms with Crippen molar-refractivity contribution in [1.82, 2.24) is 10.6 Å². The van der Waals surface area contributed by atoms with Crippen LogP contribution in [0.5, 0.6) is 5.75 Å². The molecule has 0 unspecified atom stereocenters. The van der Waals surface area contributed by atoms with Crippen LogP contribution in [0, 0.1) is 13.8 Å². The highest BCUT2D eigenvalue weighted by Gasteiger charge is 2.06. The van der Waals surface area contributed by atoms with E-state index in [4.69, 9.17) is 4.74 Å². The summed E-state index contributed by atoms with van der Waals surface area (Å²) >= 11 is 0. The van der Waals surface area contributed by atoms with Gasteiger partial charge in [-0.2, -0.15) is 0 Å². The largest absolute Gasteiger partial charge is 0.484 e. The fourth-order valence-corrected chi connectivity index (χ4v) is 2.24. The summed E-state index contributed by atoms with van der Waals surface area (Å²) in [6, 6.07) is 12.9. The molecule has 25 heavy (non-hydrogen) atoms. The number of amides is 2. The van der Waals surface area contributed by atoms with E-state index >= 15 is 0 Å². The summed E-state index contributed by atoms with van der Waals surface area (Å²) in [6.45, 7) is 6.87. The molecule has 0 heterocycles. The van der Waals surface area contributed by atoms with Crippen LogP contribution in [0.15, 0.2) is 42.5 Å². The van der Waals surface area contributed by atoms with E-state index in [1.807, 2.05) is 51.1 Å². The van der Waals surface area contributed by atoms with Crippen LogP contribution in [0.1, 0.15) is 34.0 Å². The number of carbonyl (C=O) groups excluding carboxylic acids is 2. The molecule has 2 N–H and O–H groups in total. The summed E-state index contributed by atoms with van der Waals surface area (Å²) in [5, 5.41) is 5.55. The molecule has 2 aromatic rings. The number of aryl methyl sites for hydroxylation is 2. The topological polar surface area (TPSA) is 67.4 Å². The molecule has 0 aliphatic heterocycles. The summed E-state index contributed by atoms with van der Waals surface area (Å²) in [4.78, 5) is 23.6. The van der Waals surface area contributed by atoms with Crippen LogP contribution in [0.2, 0.25) is 0 Å². The molecule has 0 spiro atoms. The molecule has 2 amide bonds. The van der Waals surface area contributed by atoms with Gasteiger partial charge >= 0.3 is 0 Å². The van der Waals surface area contributed by atoms with E-state index in [2.05, 4.69) is 10.6 Å². The fourth-order valence-electron chi connectivity index (χ4n) is 2.24. The molecule has 132 valence electrons. The van der Waals surface area contributed by atoms with Crippen LogP contribution < -0.4 is 15.4 Å². The molecular weight excluding hydrogens is 316 g/mol. The first-order valence-corrected chi connectivity index (χ1v) is 8.33. The molecule has 0 atom stereocenters. The van der Waals surface area contributed by atoms with Crippen molar-refractivity contribution in [3.05, 3.63) is 64.7 Å². The summed E-state index contributed by atoms with van der Waals surface area (Å²) in [5.41, 5.74) is 3.85. The van der Waals surface area contributed by atoms with Gasteiger partial charge in [0.15, 0.2) is 6.61 Å². The lowest BCUT2D eigenvalue weighted by Gasteiger charge is -2.09. The summed E-state index contributed by atoms with van der Waals surface area (Å²) in [5.74, 6) is 0.399. The molecule has 5 heteroatoms. The molecule has 2 aromatic carbocycles. The van der Waals surface area contributed by atoms with Gasteiger partial charge in [-0.3, -0.25) is 9.59 Å². The summed E-state index contributed by atoms with van der Waals surface area (Å²) in [7, 11) is 0. The number of hydrogen-bond donors (Lipinski definition) is 2. The molecule has 2 rings (SSSR count). The lowest BCUT2D eigenvalue weighted by molar-refractivity contribution is -0.123. The Morgan fingerprint density at radius 3 is 2.32 bits per heavy atom. The first-order valence-electron chi connectivity index (χ1n) is 8.33. The molecule has 5 nitrogen and oxygen atoms in total. The van der Waals surface area contributed by atoms with Crippen LogP contribution in [0.25, 0.3) is 0 Å². The Bertz CT molecular complexity index is 739. The standard InChI is InChI=1S/C20H24N2O3/c1-4-21-20(24)17-8-6-16(7-9-17)12-22-19(23)13-25-18-10-5-14(2)15(3)11-18/h5-11H,4,12-13H2,1-3H3,(H,21,24)(H,22,23). The Balaban J connectivity index is 1.79. The predicted molar refractivity (Wildman–Crippen MR) is 97.7 cm³/mol. The lowest BCUT2D eigenvalue weighted by atomic mass is 10.1. The maximum absolute atomic E-state index is 11.9. The Morgan fingerprint density at radius 2 is 1.68 bits per heavy atom. The monoisotopic (exact) mass is 340 g/mol. The fraction of sp³-hybridized carbons (Fsp3) is 0.300. The molecule has 0 aromatic heterocycles. The Hall–Kier alpha value is -2.82. The SMILES string of the molecule is CCNC(=O)c1ccc(CNC(=O)COc2ccc(C)c(C)c2)cc1. The quantitative estimate of drug-likeness (QED) is 0.814. The van der Waals surface area contributed by atoms with Crippen molar-refractivity contribution < 1.29 is 14.3 Å². The predicted octanol–water partition coefficient (Wildman–Crippen LogP) is 2.75. The van der Waals surface area contributed by atoms with Crippen molar-refractivity contribution in [2.24, 2.45) is 0 Å². The number of benzene rings is 2. The first kappa shape index (κ1) is 18.5. The zero-order valence-corrected chi connectivity index (χ0v) is 14.9. The molecule has 0 saturated carbocycles. The van der Waals surface area contributed by atoms with Crippen molar-refractivity contribution in [1.29, 1.82) is 0 Å². The molecule has 0 radical (unpaired) electrons. The van der Waals surface area contributed by atoms with Crippen molar-refractivity contribution in [3.63, 3.8) is 0 Å². The summed E-state index contributed by atoms with van der Waals surface area (Å²) < 4.78 is 5.50. The highest BCUT2D eigenvalue weighted by Crippen LogP contribution is 2.16. The smallest absolute Gasteiger partial charge is 0.258 e. The minimum Gasteiger partial charge on any atom is -0.484 e. The van der Waals surface area contributed by atoms with E-state index in [9.17, 15) is 9.59 Å². The van der Waals surface area contributed by atoms with Gasteiger partial charge in [-0.15, -0.1) is 0 Å². The second-order valence-electron chi connectivity index (χ2n) is 5.87. The van der Waals surface area contributed by atoms with Gasteiger partial charge in [0, 0.05) is 18.7 Å².